The number of benzene rings is 1. The zero-order valence-corrected chi connectivity index (χ0v) is 12.4. The summed E-state index contributed by atoms with van der Waals surface area (Å²) < 4.78 is 0. The molecule has 0 radical (unpaired) electrons. The van der Waals surface area contributed by atoms with Crippen LogP contribution in [0.4, 0.5) is 0 Å². The van der Waals surface area contributed by atoms with Gasteiger partial charge in [0.25, 0.3) is 0 Å². The van der Waals surface area contributed by atoms with Gasteiger partial charge in [0.2, 0.25) is 0 Å². The largest absolute Gasteiger partial charge is 0.388 e. The Labute approximate surface area is 121 Å². The van der Waals surface area contributed by atoms with Crippen LogP contribution in [0.5, 0.6) is 0 Å². The fourth-order valence-electron chi connectivity index (χ4n) is 3.15. The molecule has 3 heteroatoms. The minimum atomic E-state index is -0.506. The van der Waals surface area contributed by atoms with E-state index in [4.69, 9.17) is 17.3 Å². The van der Waals surface area contributed by atoms with Crippen molar-refractivity contribution in [2.24, 2.45) is 11.1 Å². The molecular formula is C16H24ClNO. The second-order valence-electron chi connectivity index (χ2n) is 5.89. The number of aliphatic hydroxyl groups excluding tert-OH is 1. The molecule has 2 nitrogen and oxygen atoms in total. The molecule has 0 spiro atoms. The highest BCUT2D eigenvalue weighted by Crippen LogP contribution is 2.44. The Morgan fingerprint density at radius 3 is 2.42 bits per heavy atom. The molecule has 0 bridgehead atoms. The minimum Gasteiger partial charge on any atom is -0.388 e. The Bertz CT molecular complexity index is 425. The van der Waals surface area contributed by atoms with Gasteiger partial charge in [0, 0.05) is 17.0 Å². The Kier molecular flexibility index (Phi) is 4.88. The molecule has 2 rings (SSSR count). The van der Waals surface area contributed by atoms with Crippen molar-refractivity contribution in [2.45, 2.75) is 51.6 Å². The second-order valence-corrected chi connectivity index (χ2v) is 6.30. The summed E-state index contributed by atoms with van der Waals surface area (Å²) >= 11 is 6.18. The maximum atomic E-state index is 10.8. The zero-order valence-electron chi connectivity index (χ0n) is 11.7. The van der Waals surface area contributed by atoms with E-state index in [0.717, 1.165) is 41.8 Å². The molecule has 0 amide bonds. The summed E-state index contributed by atoms with van der Waals surface area (Å²) in [5, 5.41) is 11.5. The molecule has 1 unspecified atom stereocenters. The van der Waals surface area contributed by atoms with E-state index in [2.05, 4.69) is 0 Å². The average molecular weight is 282 g/mol. The third-order valence-corrected chi connectivity index (χ3v) is 5.00. The summed E-state index contributed by atoms with van der Waals surface area (Å²) in [6.45, 7) is 2.52. The first-order chi connectivity index (χ1) is 9.09. The lowest BCUT2D eigenvalue weighted by Crippen LogP contribution is -2.36. The molecule has 1 aliphatic carbocycles. The van der Waals surface area contributed by atoms with Crippen LogP contribution in [0.3, 0.4) is 0 Å². The summed E-state index contributed by atoms with van der Waals surface area (Å²) in [7, 11) is 0. The van der Waals surface area contributed by atoms with Crippen molar-refractivity contribution in [1.82, 2.24) is 0 Å². The first-order valence-electron chi connectivity index (χ1n) is 7.23. The monoisotopic (exact) mass is 281 g/mol. The summed E-state index contributed by atoms with van der Waals surface area (Å²) in [5.74, 6) is 0. The van der Waals surface area contributed by atoms with Crippen LogP contribution in [-0.4, -0.2) is 11.7 Å². The van der Waals surface area contributed by atoms with Crippen molar-refractivity contribution < 1.29 is 5.11 Å². The van der Waals surface area contributed by atoms with Crippen LogP contribution >= 0.6 is 11.6 Å². The number of halogens is 1. The molecule has 0 heterocycles. The Hall–Kier alpha value is -0.570. The Morgan fingerprint density at radius 1 is 1.26 bits per heavy atom. The lowest BCUT2D eigenvalue weighted by Gasteiger charge is -2.36. The number of aryl methyl sites for hydroxylation is 1. The number of hydrogen-bond donors (Lipinski definition) is 2. The summed E-state index contributed by atoms with van der Waals surface area (Å²) in [5.41, 5.74) is 7.80. The standard InChI is InChI=1S/C16H24ClNO/c1-12-6-7-13(10-14(12)17)15(19)16(11-18)8-4-2-3-5-9-16/h6-7,10,15,19H,2-5,8-9,11,18H2,1H3. The van der Waals surface area contributed by atoms with Crippen LogP contribution < -0.4 is 5.73 Å². The molecular weight excluding hydrogens is 258 g/mol. The van der Waals surface area contributed by atoms with Crippen LogP contribution in [0.2, 0.25) is 5.02 Å². The Morgan fingerprint density at radius 2 is 1.89 bits per heavy atom. The minimum absolute atomic E-state index is 0.172. The normalized spacial score (nSPS) is 20.8. The predicted octanol–water partition coefficient (Wildman–Crippen LogP) is 3.98. The molecule has 1 aliphatic rings. The van der Waals surface area contributed by atoms with Crippen LogP contribution in [0.25, 0.3) is 0 Å². The SMILES string of the molecule is Cc1ccc(C(O)C2(CN)CCCCCC2)cc1Cl. The number of rotatable bonds is 3. The van der Waals surface area contributed by atoms with Gasteiger partial charge in [-0.2, -0.15) is 0 Å². The van der Waals surface area contributed by atoms with E-state index >= 15 is 0 Å². The van der Waals surface area contributed by atoms with Gasteiger partial charge in [0.05, 0.1) is 6.10 Å². The van der Waals surface area contributed by atoms with Crippen LogP contribution in [0.1, 0.15) is 55.8 Å². The van der Waals surface area contributed by atoms with E-state index in [1.807, 2.05) is 25.1 Å². The molecule has 1 saturated carbocycles. The molecule has 3 N–H and O–H groups in total. The van der Waals surface area contributed by atoms with Crippen molar-refractivity contribution in [1.29, 1.82) is 0 Å². The van der Waals surface area contributed by atoms with Crippen molar-refractivity contribution >= 4 is 11.6 Å². The first-order valence-corrected chi connectivity index (χ1v) is 7.61. The number of hydrogen-bond acceptors (Lipinski definition) is 2. The van der Waals surface area contributed by atoms with Crippen molar-refractivity contribution in [3.8, 4) is 0 Å². The highest BCUT2D eigenvalue weighted by Gasteiger charge is 2.37. The molecule has 1 fully saturated rings. The molecule has 0 saturated heterocycles. The quantitative estimate of drug-likeness (QED) is 0.823. The van der Waals surface area contributed by atoms with E-state index in [1.165, 1.54) is 12.8 Å². The van der Waals surface area contributed by atoms with Gasteiger partial charge in [-0.1, -0.05) is 49.4 Å². The molecule has 19 heavy (non-hydrogen) atoms. The highest BCUT2D eigenvalue weighted by atomic mass is 35.5. The van der Waals surface area contributed by atoms with E-state index in [-0.39, 0.29) is 5.41 Å². The van der Waals surface area contributed by atoms with Gasteiger partial charge in [0.15, 0.2) is 0 Å². The molecule has 0 aromatic heterocycles. The van der Waals surface area contributed by atoms with E-state index in [0.29, 0.717) is 6.54 Å². The van der Waals surface area contributed by atoms with Gasteiger partial charge in [-0.25, -0.2) is 0 Å². The number of nitrogens with two attached hydrogens (primary N) is 1. The van der Waals surface area contributed by atoms with Crippen LogP contribution in [-0.2, 0) is 0 Å². The van der Waals surface area contributed by atoms with Gasteiger partial charge in [-0.3, -0.25) is 0 Å². The third-order valence-electron chi connectivity index (χ3n) is 4.60. The van der Waals surface area contributed by atoms with E-state index in [1.54, 1.807) is 0 Å². The summed E-state index contributed by atoms with van der Waals surface area (Å²) in [6, 6.07) is 5.85. The molecule has 1 aromatic rings. The fraction of sp³-hybridized carbons (Fsp3) is 0.625. The van der Waals surface area contributed by atoms with Gasteiger partial charge in [0.1, 0.15) is 0 Å². The maximum Gasteiger partial charge on any atom is 0.0858 e. The van der Waals surface area contributed by atoms with E-state index in [9.17, 15) is 5.11 Å². The molecule has 1 aromatic carbocycles. The lowest BCUT2D eigenvalue weighted by molar-refractivity contribution is 0.0166. The second kappa shape index (κ2) is 6.25. The van der Waals surface area contributed by atoms with Gasteiger partial charge in [-0.05, 0) is 37.0 Å². The van der Waals surface area contributed by atoms with Crippen LogP contribution in [0.15, 0.2) is 18.2 Å². The first kappa shape index (κ1) is 14.8. The van der Waals surface area contributed by atoms with Gasteiger partial charge < -0.3 is 10.8 Å². The maximum absolute atomic E-state index is 10.8. The van der Waals surface area contributed by atoms with Gasteiger partial charge in [-0.15, -0.1) is 0 Å². The third kappa shape index (κ3) is 3.13. The molecule has 1 atom stereocenters. The lowest BCUT2D eigenvalue weighted by atomic mass is 9.73. The number of aliphatic hydroxyl groups is 1. The topological polar surface area (TPSA) is 46.2 Å². The molecule has 0 aliphatic heterocycles. The Balaban J connectivity index is 2.28. The van der Waals surface area contributed by atoms with Crippen molar-refractivity contribution in [2.75, 3.05) is 6.54 Å². The van der Waals surface area contributed by atoms with Crippen molar-refractivity contribution in [3.63, 3.8) is 0 Å². The zero-order chi connectivity index (χ0) is 13.9. The van der Waals surface area contributed by atoms with E-state index < -0.39 is 6.10 Å². The predicted molar refractivity (Wildman–Crippen MR) is 80.3 cm³/mol. The fourth-order valence-corrected chi connectivity index (χ4v) is 3.34. The van der Waals surface area contributed by atoms with Gasteiger partial charge >= 0.3 is 0 Å². The molecule has 106 valence electrons. The van der Waals surface area contributed by atoms with Crippen molar-refractivity contribution in [3.05, 3.63) is 34.3 Å². The average Bonchev–Trinajstić information content (AvgIpc) is 2.67. The van der Waals surface area contributed by atoms with Crippen LogP contribution in [0, 0.1) is 12.3 Å². The highest BCUT2D eigenvalue weighted by molar-refractivity contribution is 6.31. The summed E-state index contributed by atoms with van der Waals surface area (Å²) in [4.78, 5) is 0. The summed E-state index contributed by atoms with van der Waals surface area (Å²) in [6.07, 6.45) is 6.34. The smallest absolute Gasteiger partial charge is 0.0858 e.